The first kappa shape index (κ1) is 25.0. The second kappa shape index (κ2) is 11.6. The van der Waals surface area contributed by atoms with Crippen molar-refractivity contribution in [3.8, 4) is 0 Å². The Morgan fingerprint density at radius 3 is 2.63 bits per heavy atom. The van der Waals surface area contributed by atoms with Crippen LogP contribution in [0.3, 0.4) is 0 Å². The second-order valence-electron chi connectivity index (χ2n) is 8.32. The summed E-state index contributed by atoms with van der Waals surface area (Å²) in [5.41, 5.74) is 3.83. The third-order valence-electron chi connectivity index (χ3n) is 5.65. The van der Waals surface area contributed by atoms with E-state index in [1.165, 1.54) is 28.0 Å². The Balaban J connectivity index is 1.39. The highest BCUT2D eigenvalue weighted by Gasteiger charge is 2.27. The maximum atomic E-state index is 12.8. The molecule has 1 aliphatic rings. The van der Waals surface area contributed by atoms with Crippen molar-refractivity contribution in [3.63, 3.8) is 0 Å². The number of hydrogen-bond donors (Lipinski definition) is 2. The van der Waals surface area contributed by atoms with Crippen molar-refractivity contribution in [2.24, 2.45) is 0 Å². The van der Waals surface area contributed by atoms with Gasteiger partial charge in [-0.2, -0.15) is 0 Å². The Morgan fingerprint density at radius 1 is 1.03 bits per heavy atom. The number of rotatable bonds is 8. The highest BCUT2D eigenvalue weighted by Crippen LogP contribution is 2.38. The molecule has 1 heterocycles. The van der Waals surface area contributed by atoms with E-state index >= 15 is 0 Å². The number of ether oxygens (including phenoxy) is 1. The zero-order valence-corrected chi connectivity index (χ0v) is 21.4. The number of fused-ring (bicyclic) bond motifs is 1. The van der Waals surface area contributed by atoms with E-state index in [1.54, 1.807) is 13.0 Å². The van der Waals surface area contributed by atoms with Crippen LogP contribution in [0.5, 0.6) is 0 Å². The van der Waals surface area contributed by atoms with Crippen molar-refractivity contribution < 1.29 is 19.1 Å². The molecule has 3 aromatic rings. The Labute approximate surface area is 213 Å². The van der Waals surface area contributed by atoms with Crippen LogP contribution in [0.2, 0.25) is 0 Å². The molecule has 6 nitrogen and oxygen atoms in total. The van der Waals surface area contributed by atoms with Gasteiger partial charge >= 0.3 is 5.97 Å². The van der Waals surface area contributed by atoms with Crippen LogP contribution in [0.25, 0.3) is 0 Å². The molecule has 8 heteroatoms. The summed E-state index contributed by atoms with van der Waals surface area (Å²) >= 11 is 2.86. The van der Waals surface area contributed by atoms with E-state index in [0.29, 0.717) is 28.4 Å². The minimum atomic E-state index is -0.369. The van der Waals surface area contributed by atoms with Gasteiger partial charge in [-0.15, -0.1) is 23.1 Å². The molecule has 1 aromatic heterocycles. The third-order valence-corrected chi connectivity index (χ3v) is 7.85. The molecule has 0 saturated carbocycles. The number of thiophene rings is 1. The van der Waals surface area contributed by atoms with Crippen molar-refractivity contribution in [3.05, 3.63) is 75.7 Å². The van der Waals surface area contributed by atoms with E-state index in [9.17, 15) is 14.4 Å². The van der Waals surface area contributed by atoms with Gasteiger partial charge in [0, 0.05) is 21.0 Å². The molecule has 0 radical (unpaired) electrons. The molecule has 0 fully saturated rings. The lowest BCUT2D eigenvalue weighted by Crippen LogP contribution is -2.17. The summed E-state index contributed by atoms with van der Waals surface area (Å²) in [4.78, 5) is 39.9. The highest BCUT2D eigenvalue weighted by atomic mass is 32.2. The van der Waals surface area contributed by atoms with E-state index in [0.717, 1.165) is 41.7 Å². The summed E-state index contributed by atoms with van der Waals surface area (Å²) in [5.74, 6) is -0.554. The zero-order valence-electron chi connectivity index (χ0n) is 19.8. The summed E-state index contributed by atoms with van der Waals surface area (Å²) in [7, 11) is 0. The molecule has 0 spiro atoms. The minimum absolute atomic E-state index is 0.179. The fourth-order valence-electron chi connectivity index (χ4n) is 4.04. The van der Waals surface area contributed by atoms with Gasteiger partial charge in [-0.3, -0.25) is 9.59 Å². The number of amides is 2. The van der Waals surface area contributed by atoms with Gasteiger partial charge in [-0.1, -0.05) is 23.8 Å². The highest BCUT2D eigenvalue weighted by molar-refractivity contribution is 8.00. The SMILES string of the molecule is CCOC(=O)c1c(NC(=O)CSc2cccc(NC(=O)c3cccc(C)c3)c2)sc2c1CCCC2. The molecule has 2 N–H and O–H groups in total. The number of thioether (sulfide) groups is 1. The number of anilines is 2. The molecule has 182 valence electrons. The Kier molecular flexibility index (Phi) is 8.25. The first-order chi connectivity index (χ1) is 16.9. The van der Waals surface area contributed by atoms with Crippen LogP contribution in [0, 0.1) is 6.92 Å². The van der Waals surface area contributed by atoms with Crippen molar-refractivity contribution in [2.45, 2.75) is 44.4 Å². The van der Waals surface area contributed by atoms with Crippen molar-refractivity contribution >= 4 is 51.6 Å². The molecule has 4 rings (SSSR count). The Bertz CT molecular complexity index is 1250. The number of benzene rings is 2. The lowest BCUT2D eigenvalue weighted by atomic mass is 9.95. The van der Waals surface area contributed by atoms with Gasteiger partial charge in [0.05, 0.1) is 17.9 Å². The fourth-order valence-corrected chi connectivity index (χ4v) is 6.09. The van der Waals surface area contributed by atoms with E-state index < -0.39 is 0 Å². The molecule has 35 heavy (non-hydrogen) atoms. The quantitative estimate of drug-likeness (QED) is 0.284. The summed E-state index contributed by atoms with van der Waals surface area (Å²) in [6, 6.07) is 14.8. The zero-order chi connectivity index (χ0) is 24.8. The van der Waals surface area contributed by atoms with Gasteiger partial charge in [0.2, 0.25) is 5.91 Å². The normalized spacial score (nSPS) is 12.5. The molecule has 0 bridgehead atoms. The average Bonchev–Trinajstić information content (AvgIpc) is 3.21. The number of aryl methyl sites for hydroxylation is 2. The van der Waals surface area contributed by atoms with Crippen LogP contribution in [0.15, 0.2) is 53.4 Å². The van der Waals surface area contributed by atoms with E-state index in [1.807, 2.05) is 49.4 Å². The van der Waals surface area contributed by atoms with E-state index in [2.05, 4.69) is 10.6 Å². The predicted molar refractivity (Wildman–Crippen MR) is 142 cm³/mol. The number of carbonyl (C=O) groups excluding carboxylic acids is 3. The first-order valence-corrected chi connectivity index (χ1v) is 13.5. The summed E-state index contributed by atoms with van der Waals surface area (Å²) in [6.07, 6.45) is 3.90. The molecule has 0 unspecified atom stereocenters. The summed E-state index contributed by atoms with van der Waals surface area (Å²) in [6.45, 7) is 4.02. The van der Waals surface area contributed by atoms with Crippen LogP contribution in [0.1, 0.15) is 56.5 Å². The van der Waals surface area contributed by atoms with Crippen molar-refractivity contribution in [2.75, 3.05) is 23.0 Å². The van der Waals surface area contributed by atoms with Gasteiger partial charge in [0.15, 0.2) is 0 Å². The largest absolute Gasteiger partial charge is 0.462 e. The standard InChI is InChI=1S/C27H28N2O4S2/c1-3-33-27(32)24-21-12-4-5-13-22(21)35-26(24)29-23(30)16-34-20-11-7-10-19(15-20)28-25(31)18-9-6-8-17(2)14-18/h6-11,14-15H,3-5,12-13,16H2,1-2H3,(H,28,31)(H,29,30). The van der Waals surface area contributed by atoms with Gasteiger partial charge in [0.1, 0.15) is 5.00 Å². The van der Waals surface area contributed by atoms with Crippen LogP contribution in [-0.2, 0) is 22.4 Å². The molecule has 0 aliphatic heterocycles. The molecule has 0 saturated heterocycles. The number of carbonyl (C=O) groups is 3. The molecule has 1 aliphatic carbocycles. The lowest BCUT2D eigenvalue weighted by Gasteiger charge is -2.12. The lowest BCUT2D eigenvalue weighted by molar-refractivity contribution is -0.113. The van der Waals surface area contributed by atoms with Crippen molar-refractivity contribution in [1.29, 1.82) is 0 Å². The van der Waals surface area contributed by atoms with E-state index in [-0.39, 0.29) is 23.5 Å². The van der Waals surface area contributed by atoms with Gasteiger partial charge in [-0.05, 0) is 75.4 Å². The molecule has 2 aromatic carbocycles. The van der Waals surface area contributed by atoms with Crippen molar-refractivity contribution in [1.82, 2.24) is 0 Å². The first-order valence-electron chi connectivity index (χ1n) is 11.7. The van der Waals surface area contributed by atoms with Crippen LogP contribution < -0.4 is 10.6 Å². The minimum Gasteiger partial charge on any atom is -0.462 e. The van der Waals surface area contributed by atoms with E-state index in [4.69, 9.17) is 4.74 Å². The summed E-state index contributed by atoms with van der Waals surface area (Å²) < 4.78 is 5.26. The molecule has 2 amide bonds. The van der Waals surface area contributed by atoms with Gasteiger partial charge < -0.3 is 15.4 Å². The predicted octanol–water partition coefficient (Wildman–Crippen LogP) is 6.10. The van der Waals surface area contributed by atoms with Crippen LogP contribution in [-0.4, -0.2) is 30.1 Å². The number of esters is 1. The summed E-state index contributed by atoms with van der Waals surface area (Å²) in [5, 5.41) is 6.43. The Morgan fingerprint density at radius 2 is 1.83 bits per heavy atom. The van der Waals surface area contributed by atoms with Gasteiger partial charge in [-0.25, -0.2) is 4.79 Å². The fraction of sp³-hybridized carbons (Fsp3) is 0.296. The maximum Gasteiger partial charge on any atom is 0.341 e. The molecule has 0 atom stereocenters. The van der Waals surface area contributed by atoms with Crippen LogP contribution >= 0.6 is 23.1 Å². The molecular formula is C27H28N2O4S2. The second-order valence-corrected chi connectivity index (χ2v) is 10.5. The topological polar surface area (TPSA) is 84.5 Å². The Hall–Kier alpha value is -3.10. The average molecular weight is 509 g/mol. The number of nitrogens with one attached hydrogen (secondary N) is 2. The van der Waals surface area contributed by atoms with Gasteiger partial charge in [0.25, 0.3) is 5.91 Å². The number of hydrogen-bond acceptors (Lipinski definition) is 6. The smallest absolute Gasteiger partial charge is 0.341 e. The molecular weight excluding hydrogens is 480 g/mol. The maximum absolute atomic E-state index is 12.8. The monoisotopic (exact) mass is 508 g/mol. The third kappa shape index (κ3) is 6.32. The van der Waals surface area contributed by atoms with Crippen LogP contribution in [0.4, 0.5) is 10.7 Å².